The van der Waals surface area contributed by atoms with Crippen LogP contribution in [0.4, 0.5) is 0 Å². The third-order valence-corrected chi connectivity index (χ3v) is 6.10. The maximum absolute atomic E-state index is 13.0. The minimum absolute atomic E-state index is 0.0175. The molecule has 1 aliphatic carbocycles. The van der Waals surface area contributed by atoms with Crippen molar-refractivity contribution in [2.45, 2.75) is 32.1 Å². The fourth-order valence-corrected chi connectivity index (χ4v) is 4.38. The molecule has 2 heterocycles. The maximum atomic E-state index is 13.0. The lowest BCUT2D eigenvalue weighted by molar-refractivity contribution is -0.146. The first-order valence-corrected chi connectivity index (χ1v) is 9.89. The van der Waals surface area contributed by atoms with Crippen molar-refractivity contribution in [3.05, 3.63) is 29.3 Å². The number of ether oxygens (including phenoxy) is 1. The summed E-state index contributed by atoms with van der Waals surface area (Å²) in [5.74, 6) is 1.50. The lowest BCUT2D eigenvalue weighted by Gasteiger charge is -2.39. The molecule has 140 valence electrons. The third-order valence-electron chi connectivity index (χ3n) is 5.86. The first-order chi connectivity index (χ1) is 12.6. The number of likely N-dealkylation sites (tertiary alicyclic amines) is 2. The molecule has 1 aromatic rings. The van der Waals surface area contributed by atoms with Crippen LogP contribution >= 0.6 is 11.6 Å². The van der Waals surface area contributed by atoms with E-state index in [2.05, 4.69) is 4.90 Å². The van der Waals surface area contributed by atoms with Crippen LogP contribution in [0.25, 0.3) is 0 Å². The number of nitrogens with zero attached hydrogens (tertiary/aromatic N) is 2. The van der Waals surface area contributed by atoms with Crippen molar-refractivity contribution in [3.8, 4) is 5.75 Å². The van der Waals surface area contributed by atoms with Gasteiger partial charge in [-0.1, -0.05) is 17.7 Å². The highest BCUT2D eigenvalue weighted by Crippen LogP contribution is 2.41. The SMILES string of the molecule is O=C(COc1cccc(Cl)c1)N1CC[C@]2(CCCN(CC3CC3)C2=O)C1. The number of halogens is 1. The highest BCUT2D eigenvalue weighted by molar-refractivity contribution is 6.30. The van der Waals surface area contributed by atoms with Crippen molar-refractivity contribution < 1.29 is 14.3 Å². The Kier molecular flexibility index (Phi) is 4.82. The van der Waals surface area contributed by atoms with Crippen LogP contribution in [0.3, 0.4) is 0 Å². The molecule has 2 aliphatic heterocycles. The van der Waals surface area contributed by atoms with Gasteiger partial charge in [0.2, 0.25) is 5.91 Å². The molecule has 5 nitrogen and oxygen atoms in total. The van der Waals surface area contributed by atoms with E-state index in [1.807, 2.05) is 0 Å². The Labute approximate surface area is 159 Å². The Morgan fingerprint density at radius 1 is 1.27 bits per heavy atom. The first kappa shape index (κ1) is 17.7. The Morgan fingerprint density at radius 3 is 2.88 bits per heavy atom. The highest BCUT2D eigenvalue weighted by atomic mass is 35.5. The van der Waals surface area contributed by atoms with Gasteiger partial charge in [0.05, 0.1) is 5.41 Å². The summed E-state index contributed by atoms with van der Waals surface area (Å²) in [5, 5.41) is 0.582. The van der Waals surface area contributed by atoms with Gasteiger partial charge in [-0.15, -0.1) is 0 Å². The van der Waals surface area contributed by atoms with Gasteiger partial charge >= 0.3 is 0 Å². The van der Waals surface area contributed by atoms with E-state index in [-0.39, 0.29) is 23.8 Å². The summed E-state index contributed by atoms with van der Waals surface area (Å²) in [6, 6.07) is 7.04. The van der Waals surface area contributed by atoms with Crippen molar-refractivity contribution in [2.24, 2.45) is 11.3 Å². The van der Waals surface area contributed by atoms with E-state index >= 15 is 0 Å². The van der Waals surface area contributed by atoms with E-state index in [0.717, 1.165) is 32.4 Å². The standard InChI is InChI=1S/C20H25ClN2O3/c21-16-3-1-4-17(11-16)26-13-18(24)23-10-8-20(14-23)7-2-9-22(19(20)25)12-15-5-6-15/h1,3-4,11,15H,2,5-10,12-14H2/t20-/m1/s1. The monoisotopic (exact) mass is 376 g/mol. The molecule has 1 saturated carbocycles. The van der Waals surface area contributed by atoms with Crippen LogP contribution in [0.15, 0.2) is 24.3 Å². The van der Waals surface area contributed by atoms with Gasteiger partial charge in [-0.25, -0.2) is 0 Å². The molecule has 2 saturated heterocycles. The zero-order valence-corrected chi connectivity index (χ0v) is 15.7. The molecule has 0 unspecified atom stereocenters. The summed E-state index contributed by atoms with van der Waals surface area (Å²) in [4.78, 5) is 29.4. The van der Waals surface area contributed by atoms with Crippen LogP contribution in [-0.4, -0.2) is 54.4 Å². The number of hydrogen-bond acceptors (Lipinski definition) is 3. The zero-order valence-electron chi connectivity index (χ0n) is 15.0. The maximum Gasteiger partial charge on any atom is 0.260 e. The Hall–Kier alpha value is -1.75. The van der Waals surface area contributed by atoms with E-state index < -0.39 is 0 Å². The zero-order chi connectivity index (χ0) is 18.1. The lowest BCUT2D eigenvalue weighted by Crippen LogP contribution is -2.51. The van der Waals surface area contributed by atoms with Gasteiger partial charge in [-0.05, 0) is 56.2 Å². The number of carbonyl (C=O) groups excluding carboxylic acids is 2. The highest BCUT2D eigenvalue weighted by Gasteiger charge is 2.49. The molecule has 0 radical (unpaired) electrons. The van der Waals surface area contributed by atoms with Gasteiger partial charge in [0.15, 0.2) is 6.61 Å². The van der Waals surface area contributed by atoms with Crippen LogP contribution in [0.1, 0.15) is 32.1 Å². The fourth-order valence-electron chi connectivity index (χ4n) is 4.20. The van der Waals surface area contributed by atoms with Crippen LogP contribution < -0.4 is 4.74 Å². The number of hydrogen-bond donors (Lipinski definition) is 0. The first-order valence-electron chi connectivity index (χ1n) is 9.51. The second kappa shape index (κ2) is 7.10. The average molecular weight is 377 g/mol. The van der Waals surface area contributed by atoms with Crippen LogP contribution in [0.5, 0.6) is 5.75 Å². The molecule has 0 bridgehead atoms. The van der Waals surface area contributed by atoms with Crippen molar-refractivity contribution >= 4 is 23.4 Å². The molecule has 2 amide bonds. The molecule has 4 rings (SSSR count). The summed E-state index contributed by atoms with van der Waals surface area (Å²) in [6.07, 6.45) is 5.21. The molecule has 1 spiro atoms. The van der Waals surface area contributed by atoms with Gasteiger partial charge in [-0.2, -0.15) is 0 Å². The van der Waals surface area contributed by atoms with Gasteiger partial charge in [0.25, 0.3) is 5.91 Å². The number of rotatable bonds is 5. The molecule has 1 atom stereocenters. The summed E-state index contributed by atoms with van der Waals surface area (Å²) < 4.78 is 5.57. The van der Waals surface area contributed by atoms with E-state index in [1.165, 1.54) is 12.8 Å². The van der Waals surface area contributed by atoms with Gasteiger partial charge in [-0.3, -0.25) is 9.59 Å². The fraction of sp³-hybridized carbons (Fsp3) is 0.600. The number of carbonyl (C=O) groups is 2. The van der Waals surface area contributed by atoms with Gasteiger partial charge in [0, 0.05) is 31.2 Å². The summed E-state index contributed by atoms with van der Waals surface area (Å²) in [5.41, 5.74) is -0.362. The van der Waals surface area contributed by atoms with Crippen molar-refractivity contribution in [2.75, 3.05) is 32.8 Å². The molecular formula is C20H25ClN2O3. The average Bonchev–Trinajstić information content (AvgIpc) is 3.35. The van der Waals surface area contributed by atoms with E-state index in [9.17, 15) is 9.59 Å². The molecular weight excluding hydrogens is 352 g/mol. The van der Waals surface area contributed by atoms with Crippen LogP contribution in [-0.2, 0) is 9.59 Å². The Morgan fingerprint density at radius 2 is 2.12 bits per heavy atom. The molecule has 3 aliphatic rings. The largest absolute Gasteiger partial charge is 0.484 e. The summed E-state index contributed by atoms with van der Waals surface area (Å²) >= 11 is 5.94. The minimum atomic E-state index is -0.362. The second-order valence-electron chi connectivity index (χ2n) is 7.89. The van der Waals surface area contributed by atoms with Crippen molar-refractivity contribution in [1.82, 2.24) is 9.80 Å². The molecule has 3 fully saturated rings. The van der Waals surface area contributed by atoms with Crippen molar-refractivity contribution in [1.29, 1.82) is 0 Å². The Bertz CT molecular complexity index is 706. The van der Waals surface area contributed by atoms with Crippen LogP contribution in [0, 0.1) is 11.3 Å². The van der Waals surface area contributed by atoms with Crippen molar-refractivity contribution in [3.63, 3.8) is 0 Å². The third kappa shape index (κ3) is 3.68. The van der Waals surface area contributed by atoms with E-state index in [1.54, 1.807) is 29.2 Å². The van der Waals surface area contributed by atoms with Gasteiger partial charge < -0.3 is 14.5 Å². The number of piperidine rings is 1. The minimum Gasteiger partial charge on any atom is -0.484 e. The summed E-state index contributed by atoms with van der Waals surface area (Å²) in [7, 11) is 0. The lowest BCUT2D eigenvalue weighted by atomic mass is 9.78. The smallest absolute Gasteiger partial charge is 0.260 e. The number of amides is 2. The summed E-state index contributed by atoms with van der Waals surface area (Å²) in [6.45, 7) is 2.94. The molecule has 6 heteroatoms. The van der Waals surface area contributed by atoms with E-state index in [0.29, 0.717) is 29.8 Å². The topological polar surface area (TPSA) is 49.9 Å². The predicted octanol–water partition coefficient (Wildman–Crippen LogP) is 2.97. The molecule has 26 heavy (non-hydrogen) atoms. The number of benzene rings is 1. The quantitative estimate of drug-likeness (QED) is 0.793. The Balaban J connectivity index is 1.34. The molecule has 0 aromatic heterocycles. The predicted molar refractivity (Wildman–Crippen MR) is 99.1 cm³/mol. The van der Waals surface area contributed by atoms with E-state index in [4.69, 9.17) is 16.3 Å². The molecule has 0 N–H and O–H groups in total. The second-order valence-corrected chi connectivity index (χ2v) is 8.33. The van der Waals surface area contributed by atoms with Crippen LogP contribution in [0.2, 0.25) is 5.02 Å². The molecule has 1 aromatic carbocycles. The van der Waals surface area contributed by atoms with Gasteiger partial charge in [0.1, 0.15) is 5.75 Å². The normalized spacial score (nSPS) is 25.8.